The van der Waals surface area contributed by atoms with E-state index in [-0.39, 0.29) is 13.0 Å². The predicted octanol–water partition coefficient (Wildman–Crippen LogP) is -2.04. The Morgan fingerprint density at radius 2 is 1.55 bits per heavy atom. The molecule has 0 aromatic rings. The van der Waals surface area contributed by atoms with Crippen LogP contribution in [-0.2, 0) is 28.8 Å². The molecule has 0 aromatic carbocycles. The summed E-state index contributed by atoms with van der Waals surface area (Å²) in [5.74, 6) is -7.07. The second kappa shape index (κ2) is 11.2. The van der Waals surface area contributed by atoms with E-state index >= 15 is 0 Å². The van der Waals surface area contributed by atoms with Crippen LogP contribution < -0.4 is 16.4 Å². The van der Waals surface area contributed by atoms with Crippen LogP contribution in [0, 0.1) is 5.92 Å². The molecule has 1 aliphatic rings. The second-order valence-electron chi connectivity index (χ2n) is 7.62. The zero-order valence-electron chi connectivity index (χ0n) is 17.2. The smallest absolute Gasteiger partial charge is 0.326 e. The highest BCUT2D eigenvalue weighted by atomic mass is 16.4. The monoisotopic (exact) mass is 444 g/mol. The average Bonchev–Trinajstić information content (AvgIpc) is 3.13. The van der Waals surface area contributed by atoms with Crippen molar-refractivity contribution in [2.45, 2.75) is 63.7 Å². The van der Waals surface area contributed by atoms with Crippen molar-refractivity contribution < 1.29 is 44.1 Å². The molecule has 1 aliphatic heterocycles. The summed E-state index contributed by atoms with van der Waals surface area (Å²) in [7, 11) is 0. The number of amides is 3. The van der Waals surface area contributed by atoms with Crippen LogP contribution in [0.25, 0.3) is 0 Å². The van der Waals surface area contributed by atoms with E-state index in [0.717, 1.165) is 4.90 Å². The fraction of sp³-hybridized carbons (Fsp3) is 0.667. The molecule has 174 valence electrons. The zero-order valence-corrected chi connectivity index (χ0v) is 17.2. The van der Waals surface area contributed by atoms with Crippen LogP contribution in [0.5, 0.6) is 0 Å². The molecule has 0 bridgehead atoms. The fourth-order valence-corrected chi connectivity index (χ4v) is 3.20. The molecule has 0 saturated carbocycles. The topological polar surface area (TPSA) is 216 Å². The van der Waals surface area contributed by atoms with E-state index in [1.807, 2.05) is 0 Å². The Bertz CT molecular complexity index is 740. The van der Waals surface area contributed by atoms with E-state index in [2.05, 4.69) is 10.6 Å². The number of carbonyl (C=O) groups excluding carboxylic acids is 3. The van der Waals surface area contributed by atoms with Gasteiger partial charge in [-0.1, -0.05) is 13.8 Å². The van der Waals surface area contributed by atoms with Crippen molar-refractivity contribution in [3.63, 3.8) is 0 Å². The first-order chi connectivity index (χ1) is 14.3. The van der Waals surface area contributed by atoms with E-state index in [0.29, 0.717) is 6.42 Å². The van der Waals surface area contributed by atoms with Gasteiger partial charge in [-0.15, -0.1) is 0 Å². The normalized spacial score (nSPS) is 18.7. The number of nitrogens with zero attached hydrogens (tertiary/aromatic N) is 1. The molecule has 1 fully saturated rings. The van der Waals surface area contributed by atoms with Gasteiger partial charge in [-0.2, -0.15) is 0 Å². The molecule has 7 N–H and O–H groups in total. The quantitative estimate of drug-likeness (QED) is 0.205. The first kappa shape index (κ1) is 25.8. The van der Waals surface area contributed by atoms with E-state index in [9.17, 15) is 33.9 Å². The van der Waals surface area contributed by atoms with Gasteiger partial charge < -0.3 is 36.6 Å². The SMILES string of the molecule is CC(C)C(NC(=O)C(N)CC(=O)O)C(=O)NC(CC(=O)O)C(=O)N1CCCC1C(=O)O. The average molecular weight is 444 g/mol. The van der Waals surface area contributed by atoms with Gasteiger partial charge in [-0.3, -0.25) is 24.0 Å². The minimum atomic E-state index is -1.55. The largest absolute Gasteiger partial charge is 0.481 e. The van der Waals surface area contributed by atoms with Crippen molar-refractivity contribution >= 4 is 35.6 Å². The Balaban J connectivity index is 2.98. The summed E-state index contributed by atoms with van der Waals surface area (Å²) >= 11 is 0. The highest BCUT2D eigenvalue weighted by Gasteiger charge is 2.39. The molecule has 4 atom stereocenters. The van der Waals surface area contributed by atoms with Gasteiger partial charge in [-0.05, 0) is 18.8 Å². The summed E-state index contributed by atoms with van der Waals surface area (Å²) in [5, 5.41) is 31.7. The van der Waals surface area contributed by atoms with Gasteiger partial charge in [0.1, 0.15) is 18.1 Å². The number of nitrogens with one attached hydrogen (secondary N) is 2. The van der Waals surface area contributed by atoms with Crippen LogP contribution >= 0.6 is 0 Å². The first-order valence-electron chi connectivity index (χ1n) is 9.68. The number of rotatable bonds is 11. The van der Waals surface area contributed by atoms with Gasteiger partial charge in [0.2, 0.25) is 17.7 Å². The summed E-state index contributed by atoms with van der Waals surface area (Å²) in [6, 6.07) is -5.31. The van der Waals surface area contributed by atoms with Crippen molar-refractivity contribution in [2.75, 3.05) is 6.54 Å². The molecule has 0 aliphatic carbocycles. The second-order valence-corrected chi connectivity index (χ2v) is 7.62. The standard InChI is InChI=1S/C18H28N4O9/c1-8(2)14(21-15(27)9(19)6-12(23)24)16(28)20-10(7-13(25)26)17(29)22-5-3-4-11(22)18(30)31/h8-11,14H,3-7,19H2,1-2H3,(H,20,28)(H,21,27)(H,23,24)(H,25,26)(H,30,31). The number of carboxylic acid groups (broad SMARTS) is 3. The third-order valence-electron chi connectivity index (χ3n) is 4.79. The maximum atomic E-state index is 12.8. The molecular formula is C18H28N4O9. The number of hydrogen-bond donors (Lipinski definition) is 6. The Kier molecular flexibility index (Phi) is 9.37. The number of carboxylic acids is 3. The summed E-state index contributed by atoms with van der Waals surface area (Å²) in [6.07, 6.45) is -0.821. The number of carbonyl (C=O) groups is 6. The fourth-order valence-electron chi connectivity index (χ4n) is 3.20. The first-order valence-corrected chi connectivity index (χ1v) is 9.68. The maximum Gasteiger partial charge on any atom is 0.326 e. The van der Waals surface area contributed by atoms with Crippen molar-refractivity contribution in [3.8, 4) is 0 Å². The molecule has 1 rings (SSSR count). The zero-order chi connectivity index (χ0) is 23.9. The molecule has 1 heterocycles. The molecule has 13 nitrogen and oxygen atoms in total. The molecule has 0 aromatic heterocycles. The molecule has 4 unspecified atom stereocenters. The lowest BCUT2D eigenvalue weighted by Gasteiger charge is -2.29. The van der Waals surface area contributed by atoms with E-state index in [1.165, 1.54) is 0 Å². The Hall–Kier alpha value is -3.22. The number of nitrogens with two attached hydrogens (primary N) is 1. The lowest BCUT2D eigenvalue weighted by Crippen LogP contribution is -2.58. The molecule has 13 heteroatoms. The maximum absolute atomic E-state index is 12.8. The van der Waals surface area contributed by atoms with Gasteiger partial charge in [-0.25, -0.2) is 4.79 Å². The third-order valence-corrected chi connectivity index (χ3v) is 4.79. The molecule has 3 amide bonds. The van der Waals surface area contributed by atoms with Crippen LogP contribution in [-0.4, -0.2) is 86.6 Å². The Labute approximate surface area is 177 Å². The molecule has 0 radical (unpaired) electrons. The van der Waals surface area contributed by atoms with Crippen LogP contribution in [0.15, 0.2) is 0 Å². The lowest BCUT2D eigenvalue weighted by atomic mass is 10.0. The molecular weight excluding hydrogens is 416 g/mol. The van der Waals surface area contributed by atoms with Crippen LogP contribution in [0.4, 0.5) is 0 Å². The predicted molar refractivity (Wildman–Crippen MR) is 104 cm³/mol. The van der Waals surface area contributed by atoms with Crippen LogP contribution in [0.1, 0.15) is 39.5 Å². The summed E-state index contributed by atoms with van der Waals surface area (Å²) in [5.41, 5.74) is 5.49. The van der Waals surface area contributed by atoms with Gasteiger partial charge in [0.15, 0.2) is 0 Å². The molecule has 31 heavy (non-hydrogen) atoms. The van der Waals surface area contributed by atoms with Gasteiger partial charge in [0, 0.05) is 6.54 Å². The van der Waals surface area contributed by atoms with Crippen LogP contribution in [0.2, 0.25) is 0 Å². The number of likely N-dealkylation sites (tertiary alicyclic amines) is 1. The molecule has 0 spiro atoms. The van der Waals surface area contributed by atoms with Gasteiger partial charge >= 0.3 is 17.9 Å². The van der Waals surface area contributed by atoms with Crippen molar-refractivity contribution in [2.24, 2.45) is 11.7 Å². The van der Waals surface area contributed by atoms with Gasteiger partial charge in [0.05, 0.1) is 18.9 Å². The Morgan fingerprint density at radius 1 is 0.968 bits per heavy atom. The summed E-state index contributed by atoms with van der Waals surface area (Å²) in [4.78, 5) is 71.9. The summed E-state index contributed by atoms with van der Waals surface area (Å²) < 4.78 is 0. The van der Waals surface area contributed by atoms with E-state index in [1.54, 1.807) is 13.8 Å². The van der Waals surface area contributed by atoms with E-state index in [4.69, 9.17) is 15.9 Å². The summed E-state index contributed by atoms with van der Waals surface area (Å²) in [6.45, 7) is 3.25. The van der Waals surface area contributed by atoms with Gasteiger partial charge in [0.25, 0.3) is 0 Å². The highest BCUT2D eigenvalue weighted by molar-refractivity contribution is 5.96. The van der Waals surface area contributed by atoms with Crippen molar-refractivity contribution in [1.29, 1.82) is 0 Å². The van der Waals surface area contributed by atoms with E-state index < -0.39 is 78.6 Å². The number of aliphatic carboxylic acids is 3. The number of hydrogen-bond acceptors (Lipinski definition) is 7. The van der Waals surface area contributed by atoms with Crippen LogP contribution in [0.3, 0.4) is 0 Å². The molecule has 1 saturated heterocycles. The lowest BCUT2D eigenvalue weighted by molar-refractivity contribution is -0.150. The minimum absolute atomic E-state index is 0.107. The van der Waals surface area contributed by atoms with Crippen molar-refractivity contribution in [1.82, 2.24) is 15.5 Å². The Morgan fingerprint density at radius 3 is 2.03 bits per heavy atom. The highest BCUT2D eigenvalue weighted by Crippen LogP contribution is 2.19. The third kappa shape index (κ3) is 7.51. The minimum Gasteiger partial charge on any atom is -0.481 e. The van der Waals surface area contributed by atoms with Crippen molar-refractivity contribution in [3.05, 3.63) is 0 Å².